The second kappa shape index (κ2) is 8.58. The number of para-hydroxylation sites is 1. The maximum atomic E-state index is 13.8. The summed E-state index contributed by atoms with van der Waals surface area (Å²) in [7, 11) is 0. The first kappa shape index (κ1) is 20.0. The molecule has 7 nitrogen and oxygen atoms in total. The van der Waals surface area contributed by atoms with Gasteiger partial charge in [0.2, 0.25) is 11.1 Å². The van der Waals surface area contributed by atoms with E-state index in [9.17, 15) is 9.18 Å². The number of furan rings is 1. The van der Waals surface area contributed by atoms with Gasteiger partial charge in [-0.25, -0.2) is 9.07 Å². The molecular formula is C21H20FN5O2S. The van der Waals surface area contributed by atoms with E-state index in [2.05, 4.69) is 15.5 Å². The highest BCUT2D eigenvalue weighted by molar-refractivity contribution is 7.99. The number of nitrogen functional groups attached to an aromatic ring is 1. The topological polar surface area (TPSA) is 99.0 Å². The summed E-state index contributed by atoms with van der Waals surface area (Å²) in [6.45, 7) is 1.86. The molecule has 3 N–H and O–H groups in total. The minimum absolute atomic E-state index is 0.111. The number of carbonyl (C=O) groups excluding carboxylic acids is 1. The first-order valence-electron chi connectivity index (χ1n) is 9.34. The number of nitrogens with one attached hydrogen (secondary N) is 1. The Morgan fingerprint density at radius 3 is 2.80 bits per heavy atom. The summed E-state index contributed by atoms with van der Waals surface area (Å²) in [5.74, 6) is 6.72. The third kappa shape index (κ3) is 4.30. The van der Waals surface area contributed by atoms with Crippen LogP contribution < -0.4 is 11.2 Å². The standard InChI is InChI=1S/C21H20FN5O2S/c1-13(18-10-15-7-3-5-9-17(15)29-18)24-20(28)12-30-21-26-25-19(27(21)23)11-14-6-2-4-8-16(14)22/h2-10,13H,11-12,23H2,1H3,(H,24,28)/t13-/m0/s1. The molecule has 2 aromatic heterocycles. The van der Waals surface area contributed by atoms with Gasteiger partial charge in [-0.05, 0) is 30.7 Å². The van der Waals surface area contributed by atoms with Crippen LogP contribution in [0, 0.1) is 5.82 Å². The Balaban J connectivity index is 1.34. The predicted octanol–water partition coefficient (Wildman–Crippen LogP) is 3.44. The summed E-state index contributed by atoms with van der Waals surface area (Å²) < 4.78 is 20.9. The molecule has 4 rings (SSSR count). The Morgan fingerprint density at radius 2 is 2.00 bits per heavy atom. The molecule has 0 bridgehead atoms. The van der Waals surface area contributed by atoms with Crippen molar-refractivity contribution in [2.75, 3.05) is 11.6 Å². The van der Waals surface area contributed by atoms with Crippen molar-refractivity contribution in [1.82, 2.24) is 20.2 Å². The second-order valence-corrected chi connectivity index (χ2v) is 7.74. The van der Waals surface area contributed by atoms with Crippen LogP contribution in [0.5, 0.6) is 0 Å². The van der Waals surface area contributed by atoms with Crippen LogP contribution in [0.25, 0.3) is 11.0 Å². The number of nitrogens with two attached hydrogens (primary N) is 1. The van der Waals surface area contributed by atoms with Crippen molar-refractivity contribution in [2.45, 2.75) is 24.5 Å². The van der Waals surface area contributed by atoms with Crippen molar-refractivity contribution in [1.29, 1.82) is 0 Å². The number of rotatable bonds is 7. The third-order valence-electron chi connectivity index (χ3n) is 4.62. The number of aromatic nitrogens is 3. The Bertz CT molecular complexity index is 1160. The van der Waals surface area contributed by atoms with Gasteiger partial charge in [0.25, 0.3) is 0 Å². The van der Waals surface area contributed by atoms with Crippen LogP contribution in [0.4, 0.5) is 4.39 Å². The fourth-order valence-electron chi connectivity index (χ4n) is 3.04. The summed E-state index contributed by atoms with van der Waals surface area (Å²) >= 11 is 1.16. The molecule has 1 atom stereocenters. The van der Waals surface area contributed by atoms with E-state index < -0.39 is 0 Å². The van der Waals surface area contributed by atoms with Crippen LogP contribution >= 0.6 is 11.8 Å². The zero-order valence-corrected chi connectivity index (χ0v) is 17.0. The number of carbonyl (C=O) groups is 1. The number of amides is 1. The van der Waals surface area contributed by atoms with E-state index in [1.54, 1.807) is 18.2 Å². The molecule has 30 heavy (non-hydrogen) atoms. The smallest absolute Gasteiger partial charge is 0.231 e. The Labute approximate surface area is 176 Å². The average molecular weight is 425 g/mol. The molecule has 0 aliphatic carbocycles. The van der Waals surface area contributed by atoms with Gasteiger partial charge < -0.3 is 15.6 Å². The number of benzene rings is 2. The molecule has 0 saturated carbocycles. The van der Waals surface area contributed by atoms with Crippen molar-refractivity contribution < 1.29 is 13.6 Å². The van der Waals surface area contributed by atoms with Crippen LogP contribution in [0.2, 0.25) is 0 Å². The van der Waals surface area contributed by atoms with Gasteiger partial charge in [-0.2, -0.15) is 0 Å². The highest BCUT2D eigenvalue weighted by atomic mass is 32.2. The lowest BCUT2D eigenvalue weighted by Gasteiger charge is -2.11. The third-order valence-corrected chi connectivity index (χ3v) is 5.57. The van der Waals surface area contributed by atoms with E-state index in [0.29, 0.717) is 22.3 Å². The van der Waals surface area contributed by atoms with Crippen LogP contribution in [0.15, 0.2) is 64.2 Å². The van der Waals surface area contributed by atoms with Gasteiger partial charge >= 0.3 is 0 Å². The van der Waals surface area contributed by atoms with Gasteiger partial charge in [-0.15, -0.1) is 10.2 Å². The molecule has 0 spiro atoms. The molecule has 1 amide bonds. The Morgan fingerprint density at radius 1 is 1.23 bits per heavy atom. The minimum Gasteiger partial charge on any atom is -0.459 e. The fourth-order valence-corrected chi connectivity index (χ4v) is 3.73. The minimum atomic E-state index is -0.325. The number of fused-ring (bicyclic) bond motifs is 1. The molecular weight excluding hydrogens is 405 g/mol. The van der Waals surface area contributed by atoms with Gasteiger partial charge in [0.15, 0.2) is 5.82 Å². The molecule has 0 aliphatic heterocycles. The Hall–Kier alpha value is -3.33. The maximum Gasteiger partial charge on any atom is 0.231 e. The Kier molecular flexibility index (Phi) is 5.71. The zero-order valence-electron chi connectivity index (χ0n) is 16.2. The van der Waals surface area contributed by atoms with Crippen LogP contribution in [-0.4, -0.2) is 26.5 Å². The molecule has 0 unspecified atom stereocenters. The average Bonchev–Trinajstić information content (AvgIpc) is 3.32. The van der Waals surface area contributed by atoms with Gasteiger partial charge in [-0.1, -0.05) is 48.2 Å². The van der Waals surface area contributed by atoms with E-state index in [1.165, 1.54) is 10.7 Å². The summed E-state index contributed by atoms with van der Waals surface area (Å²) in [5.41, 5.74) is 1.26. The van der Waals surface area contributed by atoms with Crippen molar-refractivity contribution in [3.8, 4) is 0 Å². The number of halogens is 1. The lowest BCUT2D eigenvalue weighted by Crippen LogP contribution is -2.28. The highest BCUT2D eigenvalue weighted by Crippen LogP contribution is 2.24. The number of nitrogens with zero attached hydrogens (tertiary/aromatic N) is 3. The summed E-state index contributed by atoms with van der Waals surface area (Å²) in [4.78, 5) is 12.3. The van der Waals surface area contributed by atoms with Gasteiger partial charge in [0.1, 0.15) is 17.2 Å². The molecule has 2 aromatic carbocycles. The highest BCUT2D eigenvalue weighted by Gasteiger charge is 2.17. The predicted molar refractivity (Wildman–Crippen MR) is 113 cm³/mol. The zero-order chi connectivity index (χ0) is 21.1. The number of hydrogen-bond acceptors (Lipinski definition) is 6. The summed E-state index contributed by atoms with van der Waals surface area (Å²) in [6, 6.07) is 15.7. The van der Waals surface area contributed by atoms with Gasteiger partial charge in [0.05, 0.1) is 11.8 Å². The number of thioether (sulfide) groups is 1. The summed E-state index contributed by atoms with van der Waals surface area (Å²) in [5, 5.41) is 12.3. The van der Waals surface area contributed by atoms with Crippen LogP contribution in [0.1, 0.15) is 30.1 Å². The van der Waals surface area contributed by atoms with Crippen molar-refractivity contribution in [3.63, 3.8) is 0 Å². The fraction of sp³-hybridized carbons (Fsp3) is 0.190. The lowest BCUT2D eigenvalue weighted by atomic mass is 10.1. The first-order chi connectivity index (χ1) is 14.5. The van der Waals surface area contributed by atoms with Gasteiger partial charge in [-0.3, -0.25) is 4.79 Å². The largest absolute Gasteiger partial charge is 0.459 e. The molecule has 0 radical (unpaired) electrons. The number of hydrogen-bond donors (Lipinski definition) is 2. The molecule has 0 aliphatic rings. The molecule has 0 fully saturated rings. The van der Waals surface area contributed by atoms with Crippen molar-refractivity contribution in [3.05, 3.63) is 77.6 Å². The van der Waals surface area contributed by atoms with E-state index in [1.807, 2.05) is 37.3 Å². The normalized spacial score (nSPS) is 12.2. The first-order valence-corrected chi connectivity index (χ1v) is 10.3. The molecule has 2 heterocycles. The monoisotopic (exact) mass is 425 g/mol. The van der Waals surface area contributed by atoms with Gasteiger partial charge in [0, 0.05) is 11.8 Å². The second-order valence-electron chi connectivity index (χ2n) is 6.80. The van der Waals surface area contributed by atoms with Crippen molar-refractivity contribution in [2.24, 2.45) is 0 Å². The summed E-state index contributed by atoms with van der Waals surface area (Å²) in [6.07, 6.45) is 0.214. The maximum absolute atomic E-state index is 13.8. The molecule has 4 aromatic rings. The van der Waals surface area contributed by atoms with Crippen LogP contribution in [-0.2, 0) is 11.2 Å². The van der Waals surface area contributed by atoms with Crippen LogP contribution in [0.3, 0.4) is 0 Å². The molecule has 154 valence electrons. The molecule has 9 heteroatoms. The quantitative estimate of drug-likeness (QED) is 0.348. The van der Waals surface area contributed by atoms with E-state index >= 15 is 0 Å². The molecule has 0 saturated heterocycles. The van der Waals surface area contributed by atoms with E-state index in [-0.39, 0.29) is 29.9 Å². The van der Waals surface area contributed by atoms with Crippen molar-refractivity contribution >= 4 is 28.6 Å². The van der Waals surface area contributed by atoms with E-state index in [0.717, 1.165) is 22.7 Å². The van der Waals surface area contributed by atoms with E-state index in [4.69, 9.17) is 10.3 Å². The SMILES string of the molecule is C[C@H](NC(=O)CSc1nnc(Cc2ccccc2F)n1N)c1cc2ccccc2o1. The lowest BCUT2D eigenvalue weighted by molar-refractivity contribution is -0.119.